The Kier molecular flexibility index (Phi) is 2.41. The number of imidazole rings is 1. The maximum Gasteiger partial charge on any atom is 0.180 e. The van der Waals surface area contributed by atoms with Crippen molar-refractivity contribution in [2.24, 2.45) is 0 Å². The smallest absolute Gasteiger partial charge is 0.180 e. The van der Waals surface area contributed by atoms with Crippen LogP contribution in [0, 0.1) is 0 Å². The summed E-state index contributed by atoms with van der Waals surface area (Å²) in [7, 11) is 1.84. The van der Waals surface area contributed by atoms with Gasteiger partial charge in [-0.1, -0.05) is 0 Å². The topological polar surface area (TPSA) is 65.7 Å². The predicted molar refractivity (Wildman–Crippen MR) is 70.0 cm³/mol. The molecule has 0 amide bonds. The summed E-state index contributed by atoms with van der Waals surface area (Å²) < 4.78 is 1.95. The van der Waals surface area contributed by atoms with Crippen molar-refractivity contribution in [2.75, 3.05) is 30.4 Å². The van der Waals surface area contributed by atoms with Crippen LogP contribution in [0.5, 0.6) is 0 Å². The van der Waals surface area contributed by atoms with E-state index in [1.807, 2.05) is 30.8 Å². The average Bonchev–Trinajstić information content (AvgIpc) is 2.93. The molecule has 0 aliphatic carbocycles. The molecule has 0 aromatic carbocycles. The van der Waals surface area contributed by atoms with Crippen LogP contribution in [0.2, 0.25) is 0 Å². The second kappa shape index (κ2) is 3.84. The van der Waals surface area contributed by atoms with Gasteiger partial charge in [-0.05, 0) is 13.3 Å². The normalized spacial score (nSPS) is 23.8. The molecule has 1 atom stereocenters. The van der Waals surface area contributed by atoms with E-state index in [-0.39, 0.29) is 0 Å². The number of aliphatic hydroxyl groups is 1. The van der Waals surface area contributed by atoms with E-state index in [2.05, 4.69) is 20.2 Å². The summed E-state index contributed by atoms with van der Waals surface area (Å²) in [6.07, 6.45) is 6.31. The van der Waals surface area contributed by atoms with E-state index in [1.54, 1.807) is 6.20 Å². The van der Waals surface area contributed by atoms with Gasteiger partial charge in [0.05, 0.1) is 11.8 Å². The summed E-state index contributed by atoms with van der Waals surface area (Å²) in [5, 5.41) is 13.1. The molecule has 1 fully saturated rings. The summed E-state index contributed by atoms with van der Waals surface area (Å²) >= 11 is 0. The molecular weight excluding hydrogens is 230 g/mol. The van der Waals surface area contributed by atoms with Crippen LogP contribution < -0.4 is 10.2 Å². The molecule has 1 unspecified atom stereocenters. The van der Waals surface area contributed by atoms with E-state index in [0.29, 0.717) is 6.54 Å². The largest absolute Gasteiger partial charge is 0.388 e. The van der Waals surface area contributed by atoms with Gasteiger partial charge in [-0.15, -0.1) is 0 Å². The van der Waals surface area contributed by atoms with Crippen LogP contribution in [0.3, 0.4) is 0 Å². The molecular formula is C12H17N5O. The van der Waals surface area contributed by atoms with Gasteiger partial charge in [0.2, 0.25) is 0 Å². The molecule has 6 heteroatoms. The van der Waals surface area contributed by atoms with E-state index in [0.717, 1.165) is 30.2 Å². The zero-order valence-corrected chi connectivity index (χ0v) is 10.6. The van der Waals surface area contributed by atoms with Gasteiger partial charge >= 0.3 is 0 Å². The highest BCUT2D eigenvalue weighted by Crippen LogP contribution is 2.28. The van der Waals surface area contributed by atoms with Gasteiger partial charge in [0.1, 0.15) is 5.82 Å². The minimum atomic E-state index is -0.638. The molecule has 3 heterocycles. The van der Waals surface area contributed by atoms with Gasteiger partial charge in [-0.3, -0.25) is 0 Å². The van der Waals surface area contributed by atoms with Gasteiger partial charge in [0, 0.05) is 32.5 Å². The first kappa shape index (κ1) is 11.3. The van der Waals surface area contributed by atoms with Gasteiger partial charge < -0.3 is 19.7 Å². The predicted octanol–water partition coefficient (Wildman–Crippen LogP) is 0.732. The van der Waals surface area contributed by atoms with E-state index < -0.39 is 5.60 Å². The molecule has 2 aromatic rings. The van der Waals surface area contributed by atoms with E-state index >= 15 is 0 Å². The standard InChI is InChI=1S/C12H17N5O/c1-12(18)3-5-17(8-12)11-10-14-4-6-16(10)7-9(13-2)15-11/h4,6-7,13,18H,3,5,8H2,1-2H3. The third-order valence-corrected chi connectivity index (χ3v) is 3.36. The molecule has 96 valence electrons. The maximum atomic E-state index is 10.1. The van der Waals surface area contributed by atoms with Gasteiger partial charge in [0.25, 0.3) is 0 Å². The second-order valence-electron chi connectivity index (χ2n) is 5.03. The lowest BCUT2D eigenvalue weighted by atomic mass is 10.1. The van der Waals surface area contributed by atoms with Crippen molar-refractivity contribution >= 4 is 17.3 Å². The van der Waals surface area contributed by atoms with Crippen molar-refractivity contribution in [3.05, 3.63) is 18.6 Å². The number of hydrogen-bond donors (Lipinski definition) is 2. The number of fused-ring (bicyclic) bond motifs is 1. The maximum absolute atomic E-state index is 10.1. The Labute approximate surface area is 105 Å². The fraction of sp³-hybridized carbons (Fsp3) is 0.500. The zero-order chi connectivity index (χ0) is 12.8. The summed E-state index contributed by atoms with van der Waals surface area (Å²) in [6, 6.07) is 0. The van der Waals surface area contributed by atoms with Crippen molar-refractivity contribution in [1.82, 2.24) is 14.4 Å². The first-order chi connectivity index (χ1) is 8.59. The van der Waals surface area contributed by atoms with Gasteiger partial charge in [-0.2, -0.15) is 0 Å². The quantitative estimate of drug-likeness (QED) is 0.819. The first-order valence-electron chi connectivity index (χ1n) is 6.08. The molecule has 6 nitrogen and oxygen atoms in total. The number of β-amino-alcohol motifs (C(OH)–C–C–N with tert-alkyl or cyclic N) is 1. The molecule has 1 aliphatic rings. The minimum absolute atomic E-state index is 0.593. The number of hydrogen-bond acceptors (Lipinski definition) is 5. The zero-order valence-electron chi connectivity index (χ0n) is 10.6. The fourth-order valence-electron chi connectivity index (χ4n) is 2.37. The van der Waals surface area contributed by atoms with Crippen LogP contribution in [0.25, 0.3) is 5.65 Å². The summed E-state index contributed by atoms with van der Waals surface area (Å²) in [6.45, 7) is 3.25. The molecule has 3 rings (SSSR count). The molecule has 0 saturated carbocycles. The fourth-order valence-corrected chi connectivity index (χ4v) is 2.37. The van der Waals surface area contributed by atoms with E-state index in [4.69, 9.17) is 0 Å². The van der Waals surface area contributed by atoms with Crippen molar-refractivity contribution in [1.29, 1.82) is 0 Å². The highest BCUT2D eigenvalue weighted by Gasteiger charge is 2.33. The van der Waals surface area contributed by atoms with Gasteiger partial charge in [-0.25, -0.2) is 9.97 Å². The second-order valence-corrected chi connectivity index (χ2v) is 5.03. The van der Waals surface area contributed by atoms with Gasteiger partial charge in [0.15, 0.2) is 11.5 Å². The molecule has 2 aromatic heterocycles. The Morgan fingerprint density at radius 3 is 3.00 bits per heavy atom. The molecule has 1 saturated heterocycles. The Hall–Kier alpha value is -1.82. The third-order valence-electron chi connectivity index (χ3n) is 3.36. The van der Waals surface area contributed by atoms with E-state index in [1.165, 1.54) is 0 Å². The Bertz CT molecular complexity index is 577. The summed E-state index contributed by atoms with van der Waals surface area (Å²) in [5.74, 6) is 1.62. The monoisotopic (exact) mass is 247 g/mol. The molecule has 1 aliphatic heterocycles. The molecule has 18 heavy (non-hydrogen) atoms. The number of anilines is 2. The van der Waals surface area contributed by atoms with Crippen LogP contribution in [0.4, 0.5) is 11.6 Å². The lowest BCUT2D eigenvalue weighted by Crippen LogP contribution is -2.30. The number of rotatable bonds is 2. The Morgan fingerprint density at radius 1 is 1.50 bits per heavy atom. The first-order valence-corrected chi connectivity index (χ1v) is 6.08. The molecule has 0 radical (unpaired) electrons. The lowest BCUT2D eigenvalue weighted by Gasteiger charge is -2.20. The number of nitrogens with zero attached hydrogens (tertiary/aromatic N) is 4. The minimum Gasteiger partial charge on any atom is -0.388 e. The van der Waals surface area contributed by atoms with Crippen LogP contribution in [-0.2, 0) is 0 Å². The molecule has 0 spiro atoms. The van der Waals surface area contributed by atoms with E-state index in [9.17, 15) is 5.11 Å². The third kappa shape index (κ3) is 1.78. The highest BCUT2D eigenvalue weighted by molar-refractivity contribution is 5.67. The highest BCUT2D eigenvalue weighted by atomic mass is 16.3. The van der Waals surface area contributed by atoms with Crippen LogP contribution in [-0.4, -0.2) is 45.2 Å². The van der Waals surface area contributed by atoms with Crippen molar-refractivity contribution in [3.8, 4) is 0 Å². The van der Waals surface area contributed by atoms with Crippen molar-refractivity contribution < 1.29 is 5.11 Å². The molecule has 2 N–H and O–H groups in total. The van der Waals surface area contributed by atoms with Crippen LogP contribution >= 0.6 is 0 Å². The number of nitrogens with one attached hydrogen (secondary N) is 1. The summed E-state index contributed by atoms with van der Waals surface area (Å²) in [4.78, 5) is 11.0. The Morgan fingerprint density at radius 2 is 2.33 bits per heavy atom. The Balaban J connectivity index is 2.07. The SMILES string of the molecule is CNc1cn2ccnc2c(N2CCC(C)(O)C2)n1. The van der Waals surface area contributed by atoms with Crippen molar-refractivity contribution in [3.63, 3.8) is 0 Å². The lowest BCUT2D eigenvalue weighted by molar-refractivity contribution is 0.0839. The van der Waals surface area contributed by atoms with Crippen LogP contribution in [0.1, 0.15) is 13.3 Å². The number of aromatic nitrogens is 3. The molecule has 0 bridgehead atoms. The summed E-state index contributed by atoms with van der Waals surface area (Å²) in [5.41, 5.74) is 0.188. The average molecular weight is 247 g/mol. The van der Waals surface area contributed by atoms with Crippen LogP contribution in [0.15, 0.2) is 18.6 Å². The van der Waals surface area contributed by atoms with Crippen molar-refractivity contribution in [2.45, 2.75) is 18.9 Å².